The molecule has 2 aromatic heterocycles. The minimum atomic E-state index is -5.36. The van der Waals surface area contributed by atoms with Crippen LogP contribution in [0.2, 0.25) is 0 Å². The van der Waals surface area contributed by atoms with Crippen LogP contribution in [0.1, 0.15) is 64.8 Å². The van der Waals surface area contributed by atoms with E-state index in [4.69, 9.17) is 19.6 Å². The maximum absolute atomic E-state index is 15.4. The lowest BCUT2D eigenvalue weighted by molar-refractivity contribution is -0.220. The zero-order chi connectivity index (χ0) is 58.7. The molecule has 81 heavy (non-hydrogen) atoms. The number of aliphatic carboxylic acids is 1. The number of hydrogen-bond acceptors (Lipinski definition) is 16. The van der Waals surface area contributed by atoms with Crippen LogP contribution < -0.4 is 42.8 Å². The Bertz CT molecular complexity index is 3370. The van der Waals surface area contributed by atoms with Crippen molar-refractivity contribution in [2.75, 3.05) is 39.5 Å². The highest BCUT2D eigenvalue weighted by Gasteiger charge is 2.49. The predicted octanol–water partition coefficient (Wildman–Crippen LogP) is -1.30. The second kappa shape index (κ2) is 23.8. The molecule has 5 heterocycles. The van der Waals surface area contributed by atoms with Crippen molar-refractivity contribution in [2.45, 2.75) is 88.7 Å². The van der Waals surface area contributed by atoms with Crippen LogP contribution in [0.15, 0.2) is 59.4 Å². The van der Waals surface area contributed by atoms with E-state index in [-0.39, 0.29) is 71.4 Å². The molecule has 1 aliphatic carbocycles. The van der Waals surface area contributed by atoms with Crippen LogP contribution >= 0.6 is 0 Å². The number of alkyl halides is 3. The summed E-state index contributed by atoms with van der Waals surface area (Å²) in [5.41, 5.74) is -0.720. The van der Waals surface area contributed by atoms with Crippen molar-refractivity contribution >= 4 is 70.1 Å². The highest BCUT2D eigenvalue weighted by atomic mass is 19.4. The number of halogens is 4. The molecule has 29 heteroatoms. The number of carboxylic acid groups (broad SMARTS) is 1. The van der Waals surface area contributed by atoms with Crippen molar-refractivity contribution in [3.05, 3.63) is 110 Å². The molecule has 0 saturated heterocycles. The average Bonchev–Trinajstić information content (AvgIpc) is 2.31. The van der Waals surface area contributed by atoms with Crippen molar-refractivity contribution < 1.29 is 85.2 Å². The van der Waals surface area contributed by atoms with Gasteiger partial charge in [0.25, 0.3) is 23.3 Å². The number of ether oxygens (including phenoxy) is 2. The largest absolute Gasteiger partial charge is 0.480 e. The van der Waals surface area contributed by atoms with E-state index in [0.29, 0.717) is 27.0 Å². The number of amides is 8. The summed E-state index contributed by atoms with van der Waals surface area (Å²) in [5, 5.41) is 36.5. The first-order valence-corrected chi connectivity index (χ1v) is 25.1. The summed E-state index contributed by atoms with van der Waals surface area (Å²) in [5.74, 6) is -11.3. The average molecular weight is 1130 g/mol. The third-order valence-electron chi connectivity index (χ3n) is 14.0. The Hall–Kier alpha value is -8.96. The number of benzene rings is 2. The van der Waals surface area contributed by atoms with E-state index >= 15 is 4.39 Å². The van der Waals surface area contributed by atoms with Crippen LogP contribution in [0.3, 0.4) is 0 Å². The Morgan fingerprint density at radius 3 is 2.20 bits per heavy atom. The number of aliphatic hydroxyl groups is 1. The van der Waals surface area contributed by atoms with E-state index < -0.39 is 153 Å². The van der Waals surface area contributed by atoms with Crippen LogP contribution in [-0.2, 0) is 89.0 Å². The van der Waals surface area contributed by atoms with Crippen LogP contribution in [-0.4, -0.2) is 148 Å². The lowest BCUT2D eigenvalue weighted by Gasteiger charge is -2.31. The van der Waals surface area contributed by atoms with Gasteiger partial charge in [0.2, 0.25) is 35.6 Å². The zero-order valence-electron chi connectivity index (χ0n) is 43.0. The fraction of sp³-hybridized carbons (Fsp3) is 0.385. The molecule has 2 aromatic carbocycles. The molecule has 8 amide bonds. The normalized spacial score (nSPS) is 17.9. The lowest BCUT2D eigenvalue weighted by Crippen LogP contribution is -2.56. The van der Waals surface area contributed by atoms with Crippen molar-refractivity contribution in [1.82, 2.24) is 51.7 Å². The molecular formula is C52H52F4N10O15. The Labute approximate surface area is 455 Å². The number of rotatable bonds is 22. The predicted molar refractivity (Wildman–Crippen MR) is 269 cm³/mol. The SMILES string of the molecule is CC[C@@]1(O)C(=O)OCc2c1cc1n(c2=O)Cc2c-1nc1cc(F)c(C)c3c1c2[C@H](NC(=O)[C@@H](OCNC(=O)CNC(=O)[C@H](Cc1ccccc1)NC(=O)CNC(=O)CNC(=O)[C@H](CNCC(=O)O)N1C(=O)C=CC1=O)C(F)(F)F)CC3. The first kappa shape index (κ1) is 58.2. The summed E-state index contributed by atoms with van der Waals surface area (Å²) >= 11 is 0. The van der Waals surface area contributed by atoms with Gasteiger partial charge in [0, 0.05) is 47.7 Å². The molecule has 0 saturated carbocycles. The summed E-state index contributed by atoms with van der Waals surface area (Å²) in [7, 11) is 0. The fourth-order valence-electron chi connectivity index (χ4n) is 9.99. The number of nitrogens with zero attached hydrogens (tertiary/aromatic N) is 3. The number of imide groups is 1. The van der Waals surface area contributed by atoms with Crippen LogP contribution in [0, 0.1) is 12.7 Å². The summed E-state index contributed by atoms with van der Waals surface area (Å²) in [6, 6.07) is 6.52. The van der Waals surface area contributed by atoms with Crippen molar-refractivity contribution in [1.29, 1.82) is 0 Å². The number of pyridine rings is 2. The number of carbonyl (C=O) groups excluding carboxylic acids is 9. The first-order chi connectivity index (χ1) is 38.4. The van der Waals surface area contributed by atoms with Gasteiger partial charge in [-0.15, -0.1) is 0 Å². The Morgan fingerprint density at radius 2 is 1.53 bits per heavy atom. The maximum atomic E-state index is 15.4. The van der Waals surface area contributed by atoms with Gasteiger partial charge in [-0.3, -0.25) is 52.8 Å². The van der Waals surface area contributed by atoms with Gasteiger partial charge in [-0.2, -0.15) is 13.2 Å². The summed E-state index contributed by atoms with van der Waals surface area (Å²) in [4.78, 5) is 146. The van der Waals surface area contributed by atoms with Gasteiger partial charge in [-0.1, -0.05) is 37.3 Å². The monoisotopic (exact) mass is 1130 g/mol. The minimum Gasteiger partial charge on any atom is -0.480 e. The lowest BCUT2D eigenvalue weighted by atomic mass is 9.81. The molecule has 4 aromatic rings. The van der Waals surface area contributed by atoms with Crippen molar-refractivity contribution in [3.63, 3.8) is 0 Å². The van der Waals surface area contributed by atoms with E-state index in [9.17, 15) is 71.0 Å². The maximum Gasteiger partial charge on any atom is 0.423 e. The number of carboxylic acids is 1. The second-order valence-corrected chi connectivity index (χ2v) is 19.2. The minimum absolute atomic E-state index is 0.000968. The molecule has 9 N–H and O–H groups in total. The topological polar surface area (TPSA) is 352 Å². The highest BCUT2D eigenvalue weighted by molar-refractivity contribution is 6.15. The Morgan fingerprint density at radius 1 is 0.864 bits per heavy atom. The number of esters is 1. The Kier molecular flexibility index (Phi) is 17.1. The van der Waals surface area contributed by atoms with Crippen molar-refractivity contribution in [2.24, 2.45) is 0 Å². The van der Waals surface area contributed by atoms with Crippen molar-refractivity contribution in [3.8, 4) is 11.4 Å². The quantitative estimate of drug-likeness (QED) is 0.0168. The molecule has 0 unspecified atom stereocenters. The molecule has 25 nitrogen and oxygen atoms in total. The molecule has 0 radical (unpaired) electrons. The van der Waals surface area contributed by atoms with Crippen LogP contribution in [0.25, 0.3) is 22.3 Å². The number of nitrogens with one attached hydrogen (secondary N) is 7. The van der Waals surface area contributed by atoms with Gasteiger partial charge in [0.05, 0.1) is 61.2 Å². The van der Waals surface area contributed by atoms with Crippen LogP contribution in [0.4, 0.5) is 17.6 Å². The van der Waals surface area contributed by atoms with Gasteiger partial charge >= 0.3 is 18.1 Å². The number of cyclic esters (lactones) is 1. The van der Waals surface area contributed by atoms with E-state index in [0.717, 1.165) is 18.2 Å². The van der Waals surface area contributed by atoms with Gasteiger partial charge in [-0.05, 0) is 54.5 Å². The Balaban J connectivity index is 0.885. The van der Waals surface area contributed by atoms with Gasteiger partial charge in [-0.25, -0.2) is 14.2 Å². The molecule has 5 atom stereocenters. The summed E-state index contributed by atoms with van der Waals surface area (Å²) in [6.45, 7) is -2.34. The first-order valence-electron chi connectivity index (χ1n) is 25.1. The third kappa shape index (κ3) is 12.3. The summed E-state index contributed by atoms with van der Waals surface area (Å²) in [6.07, 6.45) is -7.03. The van der Waals surface area contributed by atoms with E-state index in [1.165, 1.54) is 24.5 Å². The molecule has 8 rings (SSSR count). The summed E-state index contributed by atoms with van der Waals surface area (Å²) < 4.78 is 70.8. The van der Waals surface area contributed by atoms with Gasteiger partial charge in [0.1, 0.15) is 31.2 Å². The number of carbonyl (C=O) groups is 10. The zero-order valence-corrected chi connectivity index (χ0v) is 43.0. The number of hydrogen-bond donors (Lipinski definition) is 9. The van der Waals surface area contributed by atoms with E-state index in [1.807, 2.05) is 5.32 Å². The molecule has 0 fully saturated rings. The number of aromatic nitrogens is 2. The van der Waals surface area contributed by atoms with Gasteiger partial charge in [0.15, 0.2) is 5.60 Å². The molecular weight excluding hydrogens is 1080 g/mol. The highest BCUT2D eigenvalue weighted by Crippen LogP contribution is 2.46. The number of fused-ring (bicyclic) bond motifs is 5. The molecule has 3 aliphatic heterocycles. The van der Waals surface area contributed by atoms with Gasteiger partial charge < -0.3 is 61.5 Å². The number of aryl methyl sites for hydroxylation is 1. The van der Waals surface area contributed by atoms with E-state index in [2.05, 4.69) is 31.9 Å². The van der Waals surface area contributed by atoms with E-state index in [1.54, 1.807) is 30.3 Å². The molecule has 428 valence electrons. The smallest absolute Gasteiger partial charge is 0.423 e. The fourth-order valence-corrected chi connectivity index (χ4v) is 9.99. The molecule has 0 spiro atoms. The standard InChI is InChI=1S/C52H52F4N10O15/c1-3-51(79)29-14-34-44-27(21-65(34)49(77)28(29)22-80-50(51)78)43-31(10-9-26-24(2)30(53)15-32(63-44)42(26)43)64-48(76)45(52(54,55)56)81-23-61-37(68)18-59-46(74)33(13-25-7-5-4-6-8-25)62-38(69)19-58-36(67)17-60-47(75)35(16-57-20-41(72)73)66-39(70)11-12-40(66)71/h4-8,11-12,14-15,31,33,35,45,57,79H,3,9-10,13,16-23H2,1-2H3,(H,58,67)(H,59,74)(H,60,75)(H,61,68)(H,62,69)(H,64,76)(H,72,73)/t31-,33+,35+,45-,51+/m1/s1. The third-order valence-corrected chi connectivity index (χ3v) is 14.0. The second-order valence-electron chi connectivity index (χ2n) is 19.2. The molecule has 4 aliphatic rings. The van der Waals surface area contributed by atoms with Crippen LogP contribution in [0.5, 0.6) is 0 Å². The molecule has 0 bridgehead atoms.